The van der Waals surface area contributed by atoms with Gasteiger partial charge in [0.2, 0.25) is 5.91 Å². The number of likely N-dealkylation sites (tertiary alicyclic amines) is 1. The number of aromatic amines is 1. The Morgan fingerprint density at radius 1 is 1.00 bits per heavy atom. The highest BCUT2D eigenvalue weighted by molar-refractivity contribution is 5.91. The molecule has 1 amide bonds. The van der Waals surface area contributed by atoms with Crippen LogP contribution in [0.25, 0.3) is 17.0 Å². The van der Waals surface area contributed by atoms with Crippen LogP contribution in [0.1, 0.15) is 42.7 Å². The second-order valence-electron chi connectivity index (χ2n) is 9.78. The highest BCUT2D eigenvalue weighted by atomic mass is 19.2. The predicted molar refractivity (Wildman–Crippen MR) is 135 cm³/mol. The number of carbonyl (C=O) groups excluding carboxylic acids is 1. The third-order valence-corrected chi connectivity index (χ3v) is 7.71. The molecule has 2 saturated heterocycles. The number of aromatic nitrogens is 1. The molecule has 3 heterocycles. The van der Waals surface area contributed by atoms with Crippen LogP contribution in [0, 0.1) is 17.5 Å². The molecule has 3 aromatic rings. The van der Waals surface area contributed by atoms with Gasteiger partial charge >= 0.3 is 0 Å². The predicted octanol–water partition coefficient (Wildman–Crippen LogP) is 5.32. The Morgan fingerprint density at radius 2 is 1.67 bits per heavy atom. The summed E-state index contributed by atoms with van der Waals surface area (Å²) in [4.78, 5) is 17.7. The van der Waals surface area contributed by atoms with Gasteiger partial charge in [-0.3, -0.25) is 4.79 Å². The zero-order valence-corrected chi connectivity index (χ0v) is 20.4. The zero-order valence-electron chi connectivity index (χ0n) is 20.4. The van der Waals surface area contributed by atoms with Gasteiger partial charge in [0.1, 0.15) is 0 Å². The number of rotatable bonds is 5. The fourth-order valence-corrected chi connectivity index (χ4v) is 5.56. The first kappa shape index (κ1) is 24.6. The van der Waals surface area contributed by atoms with Gasteiger partial charge in [-0.1, -0.05) is 18.2 Å². The van der Waals surface area contributed by atoms with E-state index in [1.807, 2.05) is 0 Å². The highest BCUT2D eigenvalue weighted by Gasteiger charge is 2.30. The largest absolute Gasteiger partial charge is 0.361 e. The van der Waals surface area contributed by atoms with Crippen LogP contribution in [-0.4, -0.2) is 65.1 Å². The third-order valence-electron chi connectivity index (χ3n) is 7.71. The summed E-state index contributed by atoms with van der Waals surface area (Å²) in [6, 6.07) is 10.6. The molecule has 2 aliphatic heterocycles. The van der Waals surface area contributed by atoms with Gasteiger partial charge in [0, 0.05) is 62.4 Å². The maximum atomic E-state index is 13.4. The number of nitrogens with one attached hydrogen (secondary N) is 1. The van der Waals surface area contributed by atoms with E-state index >= 15 is 0 Å². The van der Waals surface area contributed by atoms with Crippen molar-refractivity contribution < 1.29 is 18.0 Å². The number of H-pyrrole nitrogens is 1. The number of piperidine rings is 2. The van der Waals surface area contributed by atoms with Gasteiger partial charge < -0.3 is 9.88 Å². The average Bonchev–Trinajstić information content (AvgIpc) is 3.34. The number of hydrogen-bond donors (Lipinski definition) is 1. The van der Waals surface area contributed by atoms with Crippen LogP contribution in [0.2, 0.25) is 0 Å². The molecule has 2 aliphatic rings. The van der Waals surface area contributed by atoms with Crippen LogP contribution < -0.4 is 0 Å². The minimum Gasteiger partial charge on any atom is -0.361 e. The second kappa shape index (κ2) is 10.5. The molecule has 36 heavy (non-hydrogen) atoms. The molecule has 2 fully saturated rings. The lowest BCUT2D eigenvalue weighted by atomic mass is 9.89. The van der Waals surface area contributed by atoms with E-state index in [9.17, 15) is 18.0 Å². The molecule has 0 bridgehead atoms. The van der Waals surface area contributed by atoms with Crippen molar-refractivity contribution in [3.63, 3.8) is 0 Å². The van der Waals surface area contributed by atoms with Crippen molar-refractivity contribution in [2.75, 3.05) is 33.2 Å². The molecular formula is C28H31F3N4O. The van der Waals surface area contributed by atoms with E-state index in [0.717, 1.165) is 50.9 Å². The van der Waals surface area contributed by atoms with Crippen molar-refractivity contribution in [3.05, 3.63) is 77.2 Å². The first-order valence-electron chi connectivity index (χ1n) is 12.6. The molecule has 0 saturated carbocycles. The Hall–Kier alpha value is -3.10. The quantitative estimate of drug-likeness (QED) is 0.384. The van der Waals surface area contributed by atoms with Crippen LogP contribution >= 0.6 is 0 Å². The molecule has 2 aromatic carbocycles. The Kier molecular flexibility index (Phi) is 7.16. The summed E-state index contributed by atoms with van der Waals surface area (Å²) in [6.07, 6.45) is 8.73. The summed E-state index contributed by atoms with van der Waals surface area (Å²) < 4.78 is 39.9. The molecule has 5 rings (SSSR count). The number of fused-ring (bicyclic) bond motifs is 1. The number of nitrogens with zero attached hydrogens (tertiary/aromatic N) is 3. The monoisotopic (exact) mass is 496 g/mol. The van der Waals surface area contributed by atoms with Crippen molar-refractivity contribution in [3.8, 4) is 0 Å². The van der Waals surface area contributed by atoms with E-state index in [2.05, 4.69) is 52.5 Å². The summed E-state index contributed by atoms with van der Waals surface area (Å²) in [5.41, 5.74) is 2.73. The smallest absolute Gasteiger partial charge is 0.246 e. The fraction of sp³-hybridized carbons (Fsp3) is 0.393. The van der Waals surface area contributed by atoms with Gasteiger partial charge in [-0.25, -0.2) is 23.2 Å². The highest BCUT2D eigenvalue weighted by Crippen LogP contribution is 2.34. The van der Waals surface area contributed by atoms with Crippen molar-refractivity contribution in [1.82, 2.24) is 19.9 Å². The molecule has 5 nitrogen and oxygen atoms in total. The summed E-state index contributed by atoms with van der Waals surface area (Å²) in [6.45, 7) is 3.26. The lowest BCUT2D eigenvalue weighted by Crippen LogP contribution is -2.53. The summed E-state index contributed by atoms with van der Waals surface area (Å²) in [7, 11) is 2.14. The van der Waals surface area contributed by atoms with Gasteiger partial charge in [0.15, 0.2) is 17.5 Å². The van der Waals surface area contributed by atoms with E-state index in [1.54, 1.807) is 4.90 Å². The first-order valence-corrected chi connectivity index (χ1v) is 12.6. The number of benzene rings is 2. The molecule has 8 heteroatoms. The van der Waals surface area contributed by atoms with Gasteiger partial charge in [0.25, 0.3) is 0 Å². The van der Waals surface area contributed by atoms with Gasteiger partial charge in [-0.2, -0.15) is 0 Å². The van der Waals surface area contributed by atoms with Gasteiger partial charge in [-0.15, -0.1) is 0 Å². The van der Waals surface area contributed by atoms with Crippen molar-refractivity contribution in [2.45, 2.75) is 37.6 Å². The first-order chi connectivity index (χ1) is 17.4. The lowest BCUT2D eigenvalue weighted by molar-refractivity contribution is -0.129. The Balaban J connectivity index is 1.11. The number of halogens is 3. The van der Waals surface area contributed by atoms with Crippen LogP contribution in [0.15, 0.2) is 48.7 Å². The molecule has 1 aromatic heterocycles. The topological polar surface area (TPSA) is 42.6 Å². The lowest BCUT2D eigenvalue weighted by Gasteiger charge is -2.44. The number of hydrazine groups is 1. The Morgan fingerprint density at radius 3 is 2.36 bits per heavy atom. The number of hydrogen-bond acceptors (Lipinski definition) is 3. The molecule has 1 N–H and O–H groups in total. The molecule has 0 unspecified atom stereocenters. The second-order valence-corrected chi connectivity index (χ2v) is 9.78. The van der Waals surface area contributed by atoms with E-state index < -0.39 is 17.5 Å². The molecular weight excluding hydrogens is 465 g/mol. The summed E-state index contributed by atoms with van der Waals surface area (Å²) in [5, 5.41) is 6.11. The van der Waals surface area contributed by atoms with Crippen molar-refractivity contribution in [2.24, 2.45) is 0 Å². The van der Waals surface area contributed by atoms with Gasteiger partial charge in [0.05, 0.1) is 0 Å². The van der Waals surface area contributed by atoms with Crippen molar-refractivity contribution in [1.29, 1.82) is 0 Å². The fourth-order valence-electron chi connectivity index (χ4n) is 5.56. The van der Waals surface area contributed by atoms with E-state index in [0.29, 0.717) is 25.0 Å². The molecule has 190 valence electrons. The number of amides is 1. The molecule has 0 aliphatic carbocycles. The van der Waals surface area contributed by atoms with Crippen LogP contribution in [-0.2, 0) is 4.79 Å². The SMILES string of the molecule is CN(C1CCN(C(=O)/C=C/c2cc(F)c(F)c(F)c2)CC1)N1CCC(c2c[nH]c3ccccc23)CC1. The minimum absolute atomic E-state index is 0.116. The summed E-state index contributed by atoms with van der Waals surface area (Å²) >= 11 is 0. The van der Waals surface area contributed by atoms with Crippen LogP contribution in [0.5, 0.6) is 0 Å². The number of para-hydroxylation sites is 1. The standard InChI is InChI=1S/C28H31F3N4O/c1-33(35-14-8-20(9-15-35)23-18-32-26-5-3-2-4-22(23)26)21-10-12-34(13-11-21)27(36)7-6-19-16-24(29)28(31)25(30)17-19/h2-7,16-18,20-21,32H,8-15H2,1H3/b7-6+. The molecule has 0 spiro atoms. The van der Waals surface area contributed by atoms with E-state index in [4.69, 9.17) is 0 Å². The van der Waals surface area contributed by atoms with Gasteiger partial charge in [-0.05, 0) is 67.0 Å². The molecule has 0 radical (unpaired) electrons. The van der Waals surface area contributed by atoms with Crippen LogP contribution in [0.4, 0.5) is 13.2 Å². The average molecular weight is 497 g/mol. The third kappa shape index (κ3) is 5.06. The van der Waals surface area contributed by atoms with E-state index in [-0.39, 0.29) is 11.5 Å². The Bertz CT molecular complexity index is 1230. The number of carbonyl (C=O) groups is 1. The van der Waals surface area contributed by atoms with Crippen molar-refractivity contribution >= 4 is 22.9 Å². The van der Waals surface area contributed by atoms with E-state index in [1.165, 1.54) is 28.6 Å². The maximum Gasteiger partial charge on any atom is 0.246 e. The normalized spacial score (nSPS) is 18.6. The zero-order chi connectivity index (χ0) is 25.2. The van der Waals surface area contributed by atoms with Crippen LogP contribution in [0.3, 0.4) is 0 Å². The molecule has 0 atom stereocenters. The maximum absolute atomic E-state index is 13.4. The summed E-state index contributed by atoms with van der Waals surface area (Å²) in [5.74, 6) is -3.69. The Labute approximate surface area is 209 Å². The minimum atomic E-state index is -1.51.